The number of pyridine rings is 1. The molecule has 11 heteroatoms. The van der Waals surface area contributed by atoms with Crippen LogP contribution in [0.4, 0.5) is 17.6 Å². The summed E-state index contributed by atoms with van der Waals surface area (Å²) in [6, 6.07) is -0.0236. The van der Waals surface area contributed by atoms with Gasteiger partial charge in [-0.05, 0) is 12.8 Å². The van der Waals surface area contributed by atoms with E-state index in [1.807, 2.05) is 0 Å². The fraction of sp³-hybridized carbons (Fsp3) is 0.350. The molecule has 2 aromatic rings. The van der Waals surface area contributed by atoms with Crippen LogP contribution >= 0.6 is 0 Å². The number of alkyl halides is 1. The predicted molar refractivity (Wildman–Crippen MR) is 98.9 cm³/mol. The van der Waals surface area contributed by atoms with Crippen LogP contribution in [0.1, 0.15) is 45.3 Å². The fourth-order valence-corrected chi connectivity index (χ4v) is 3.96. The number of fused-ring (bicyclic) bond motifs is 4. The Morgan fingerprint density at radius 3 is 2.55 bits per heavy atom. The van der Waals surface area contributed by atoms with Crippen molar-refractivity contribution in [3.05, 3.63) is 62.8 Å². The van der Waals surface area contributed by atoms with Crippen molar-refractivity contribution in [1.82, 2.24) is 14.8 Å². The Hall–Kier alpha value is -3.37. The number of aromatic hydroxyl groups is 1. The first-order chi connectivity index (χ1) is 14.7. The molecule has 0 spiro atoms. The molecule has 3 heterocycles. The summed E-state index contributed by atoms with van der Waals surface area (Å²) in [5, 5.41) is 12.5. The summed E-state index contributed by atoms with van der Waals surface area (Å²) in [6.45, 7) is -0.413. The molecule has 1 aromatic carbocycles. The SMILES string of the molecule is O=C(NCc1c(F)cc(F)cc1F)c1cn2c(c(O)c1=O)C(=O)N1CCCC(F)C2C1. The molecule has 1 saturated heterocycles. The maximum Gasteiger partial charge on any atom is 0.274 e. The van der Waals surface area contributed by atoms with Gasteiger partial charge in [0, 0.05) is 43.5 Å². The summed E-state index contributed by atoms with van der Waals surface area (Å²) >= 11 is 0. The second-order valence-electron chi connectivity index (χ2n) is 7.48. The summed E-state index contributed by atoms with van der Waals surface area (Å²) in [6.07, 6.45) is 0.162. The zero-order chi connectivity index (χ0) is 22.4. The second-order valence-corrected chi connectivity index (χ2v) is 7.48. The smallest absolute Gasteiger partial charge is 0.274 e. The summed E-state index contributed by atoms with van der Waals surface area (Å²) in [4.78, 5) is 39.0. The fourth-order valence-electron chi connectivity index (χ4n) is 3.96. The molecule has 2 amide bonds. The average Bonchev–Trinajstić information content (AvgIpc) is 2.87. The van der Waals surface area contributed by atoms with Crippen LogP contribution in [0, 0.1) is 17.5 Å². The van der Waals surface area contributed by atoms with Crippen LogP contribution < -0.4 is 10.7 Å². The molecule has 7 nitrogen and oxygen atoms in total. The van der Waals surface area contributed by atoms with Gasteiger partial charge in [0.15, 0.2) is 11.4 Å². The molecule has 2 bridgehead atoms. The van der Waals surface area contributed by atoms with Gasteiger partial charge in [-0.3, -0.25) is 14.4 Å². The van der Waals surface area contributed by atoms with E-state index in [0.717, 1.165) is 10.8 Å². The topological polar surface area (TPSA) is 91.6 Å². The molecule has 2 N–H and O–H groups in total. The van der Waals surface area contributed by atoms with Gasteiger partial charge in [0.05, 0.1) is 6.04 Å². The Balaban J connectivity index is 1.69. The maximum atomic E-state index is 14.6. The first kappa shape index (κ1) is 20.9. The Bertz CT molecular complexity index is 1130. The molecule has 0 saturated carbocycles. The lowest BCUT2D eigenvalue weighted by Gasteiger charge is -2.35. The highest BCUT2D eigenvalue weighted by Crippen LogP contribution is 2.33. The average molecular weight is 439 g/mol. The minimum atomic E-state index is -1.38. The van der Waals surface area contributed by atoms with Crippen molar-refractivity contribution in [2.24, 2.45) is 0 Å². The molecule has 2 aliphatic heterocycles. The summed E-state index contributed by atoms with van der Waals surface area (Å²) in [7, 11) is 0. The Morgan fingerprint density at radius 2 is 1.87 bits per heavy atom. The molecule has 2 aliphatic rings. The van der Waals surface area contributed by atoms with E-state index in [0.29, 0.717) is 18.6 Å². The summed E-state index contributed by atoms with van der Waals surface area (Å²) in [5.74, 6) is -6.34. The van der Waals surface area contributed by atoms with Crippen molar-refractivity contribution in [3.8, 4) is 5.75 Å². The van der Waals surface area contributed by atoms with Crippen LogP contribution in [-0.4, -0.2) is 45.6 Å². The third-order valence-electron chi connectivity index (χ3n) is 5.57. The predicted octanol–water partition coefficient (Wildman–Crippen LogP) is 2.03. The van der Waals surface area contributed by atoms with Gasteiger partial charge < -0.3 is 19.9 Å². The maximum absolute atomic E-state index is 14.6. The van der Waals surface area contributed by atoms with E-state index in [9.17, 15) is 37.1 Å². The Kier molecular flexibility index (Phi) is 5.19. The van der Waals surface area contributed by atoms with Gasteiger partial charge in [-0.15, -0.1) is 0 Å². The highest BCUT2D eigenvalue weighted by Gasteiger charge is 2.40. The summed E-state index contributed by atoms with van der Waals surface area (Å²) in [5.41, 5.74) is -2.83. The van der Waals surface area contributed by atoms with Crippen molar-refractivity contribution in [1.29, 1.82) is 0 Å². The second kappa shape index (κ2) is 7.71. The minimum Gasteiger partial charge on any atom is -0.503 e. The standard InChI is InChI=1S/C20H17F4N3O4/c21-9-4-13(23)10(14(24)5-9)6-25-19(30)11-7-27-15-8-26(3-1-2-12(15)22)20(31)16(27)18(29)17(11)28/h4-5,7,12,15,29H,1-3,6,8H2,(H,25,30). The van der Waals surface area contributed by atoms with E-state index in [1.54, 1.807) is 0 Å². The molecule has 0 aliphatic carbocycles. The largest absolute Gasteiger partial charge is 0.503 e. The number of aromatic nitrogens is 1. The zero-order valence-corrected chi connectivity index (χ0v) is 16.0. The molecular weight excluding hydrogens is 422 g/mol. The van der Waals surface area contributed by atoms with Crippen molar-refractivity contribution < 1.29 is 32.3 Å². The highest BCUT2D eigenvalue weighted by atomic mass is 19.1. The van der Waals surface area contributed by atoms with E-state index >= 15 is 0 Å². The van der Waals surface area contributed by atoms with Gasteiger partial charge in [-0.2, -0.15) is 0 Å². The minimum absolute atomic E-state index is 0.0162. The molecule has 2 atom stereocenters. The van der Waals surface area contributed by atoms with Gasteiger partial charge in [-0.1, -0.05) is 0 Å². The third kappa shape index (κ3) is 3.53. The van der Waals surface area contributed by atoms with Crippen molar-refractivity contribution in [2.45, 2.75) is 31.6 Å². The molecule has 164 valence electrons. The van der Waals surface area contributed by atoms with E-state index in [2.05, 4.69) is 5.32 Å². The molecular formula is C20H17F4N3O4. The van der Waals surface area contributed by atoms with E-state index in [1.165, 1.54) is 4.90 Å². The molecule has 0 radical (unpaired) electrons. The first-order valence-electron chi connectivity index (χ1n) is 9.52. The van der Waals surface area contributed by atoms with E-state index in [-0.39, 0.29) is 19.5 Å². The van der Waals surface area contributed by atoms with Crippen LogP contribution in [0.25, 0.3) is 0 Å². The lowest BCUT2D eigenvalue weighted by Crippen LogP contribution is -2.46. The normalized spacial score (nSPS) is 20.3. The molecule has 4 rings (SSSR count). The molecule has 31 heavy (non-hydrogen) atoms. The van der Waals surface area contributed by atoms with Crippen LogP contribution in [0.3, 0.4) is 0 Å². The quantitative estimate of drug-likeness (QED) is 0.716. The van der Waals surface area contributed by atoms with Gasteiger partial charge in [0.25, 0.3) is 11.8 Å². The van der Waals surface area contributed by atoms with Gasteiger partial charge in [0.2, 0.25) is 5.43 Å². The van der Waals surface area contributed by atoms with Crippen molar-refractivity contribution in [3.63, 3.8) is 0 Å². The number of carbonyl (C=O) groups is 2. The zero-order valence-electron chi connectivity index (χ0n) is 16.0. The lowest BCUT2D eigenvalue weighted by atomic mass is 10.0. The number of carbonyl (C=O) groups excluding carboxylic acids is 2. The number of hydrogen-bond acceptors (Lipinski definition) is 4. The Morgan fingerprint density at radius 1 is 1.19 bits per heavy atom. The monoisotopic (exact) mass is 439 g/mol. The van der Waals surface area contributed by atoms with Crippen molar-refractivity contribution >= 4 is 11.8 Å². The number of halogens is 4. The summed E-state index contributed by atoms with van der Waals surface area (Å²) < 4.78 is 56.3. The number of benzene rings is 1. The number of amides is 2. The van der Waals surface area contributed by atoms with Gasteiger partial charge in [0.1, 0.15) is 29.2 Å². The van der Waals surface area contributed by atoms with E-state index < -0.39 is 76.0 Å². The first-order valence-corrected chi connectivity index (χ1v) is 9.52. The lowest BCUT2D eigenvalue weighted by molar-refractivity contribution is 0.0645. The molecule has 2 unspecified atom stereocenters. The van der Waals surface area contributed by atoms with Gasteiger partial charge in [-0.25, -0.2) is 17.6 Å². The number of nitrogens with zero attached hydrogens (tertiary/aromatic N) is 2. The van der Waals surface area contributed by atoms with Crippen LogP contribution in [0.15, 0.2) is 23.1 Å². The van der Waals surface area contributed by atoms with Crippen LogP contribution in [0.2, 0.25) is 0 Å². The number of rotatable bonds is 3. The Labute approximate surface area is 172 Å². The third-order valence-corrected chi connectivity index (χ3v) is 5.57. The molecule has 1 fully saturated rings. The van der Waals surface area contributed by atoms with Crippen molar-refractivity contribution in [2.75, 3.05) is 13.1 Å². The molecule has 1 aromatic heterocycles. The van der Waals surface area contributed by atoms with E-state index in [4.69, 9.17) is 0 Å². The van der Waals surface area contributed by atoms with Crippen LogP contribution in [0.5, 0.6) is 5.75 Å². The number of hydrogen-bond donors (Lipinski definition) is 2. The highest BCUT2D eigenvalue weighted by molar-refractivity contribution is 5.99. The van der Waals surface area contributed by atoms with Crippen LogP contribution in [-0.2, 0) is 6.54 Å². The number of nitrogens with one attached hydrogen (secondary N) is 1. The van der Waals surface area contributed by atoms with Gasteiger partial charge >= 0.3 is 0 Å².